The third-order valence-corrected chi connectivity index (χ3v) is 3.87. The molecule has 0 aliphatic carbocycles. The van der Waals surface area contributed by atoms with Crippen LogP contribution in [0.5, 0.6) is 0 Å². The largest absolute Gasteiger partial charge is 0.300 e. The molecular formula is C18H36O. The Balaban J connectivity index is 3.10. The number of carbonyl (C=O) groups is 1. The summed E-state index contributed by atoms with van der Waals surface area (Å²) < 4.78 is 0. The molecule has 0 amide bonds. The molecule has 0 aromatic rings. The molecule has 0 saturated heterocycles. The van der Waals surface area contributed by atoms with Crippen molar-refractivity contribution in [3.8, 4) is 0 Å². The van der Waals surface area contributed by atoms with Crippen molar-refractivity contribution in [2.24, 2.45) is 0 Å². The molecule has 1 nitrogen and oxygen atoms in total. The van der Waals surface area contributed by atoms with Gasteiger partial charge in [-0.25, -0.2) is 0 Å². The highest BCUT2D eigenvalue weighted by Crippen LogP contribution is 2.12. The first-order valence-corrected chi connectivity index (χ1v) is 8.83. The summed E-state index contributed by atoms with van der Waals surface area (Å²) in [4.78, 5) is 11.6. The van der Waals surface area contributed by atoms with Gasteiger partial charge in [0.15, 0.2) is 0 Å². The molecule has 0 aliphatic heterocycles. The van der Waals surface area contributed by atoms with Crippen molar-refractivity contribution in [2.45, 2.75) is 110 Å². The predicted octanol–water partition coefficient (Wildman–Crippen LogP) is 6.45. The second-order valence-corrected chi connectivity index (χ2v) is 5.93. The van der Waals surface area contributed by atoms with Crippen LogP contribution in [0.15, 0.2) is 0 Å². The van der Waals surface area contributed by atoms with Gasteiger partial charge in [0.05, 0.1) is 0 Å². The van der Waals surface area contributed by atoms with Gasteiger partial charge < -0.3 is 0 Å². The van der Waals surface area contributed by atoms with Gasteiger partial charge in [0.1, 0.15) is 5.78 Å². The third kappa shape index (κ3) is 15.6. The zero-order valence-corrected chi connectivity index (χ0v) is 13.5. The molecule has 0 rings (SSSR count). The summed E-state index contributed by atoms with van der Waals surface area (Å²) in [6.45, 7) is 4.48. The first-order chi connectivity index (χ1) is 9.31. The van der Waals surface area contributed by atoms with Crippen LogP contribution in [0.3, 0.4) is 0 Å². The summed E-state index contributed by atoms with van der Waals surface area (Å²) in [6.07, 6.45) is 18.6. The SMILES string of the molecule is CCCCCCCCCCCC(=O)CCCCCC. The molecular weight excluding hydrogens is 232 g/mol. The summed E-state index contributed by atoms with van der Waals surface area (Å²) in [5.41, 5.74) is 0. The topological polar surface area (TPSA) is 17.1 Å². The maximum Gasteiger partial charge on any atom is 0.132 e. The molecule has 0 bridgehead atoms. The molecule has 0 aromatic heterocycles. The van der Waals surface area contributed by atoms with E-state index in [9.17, 15) is 4.79 Å². The predicted molar refractivity (Wildman–Crippen MR) is 85.6 cm³/mol. The molecule has 0 atom stereocenters. The lowest BCUT2D eigenvalue weighted by Crippen LogP contribution is -1.97. The van der Waals surface area contributed by atoms with Crippen LogP contribution in [-0.2, 0) is 4.79 Å². The molecule has 0 saturated carbocycles. The normalized spacial score (nSPS) is 10.8. The van der Waals surface area contributed by atoms with Gasteiger partial charge in [-0.1, -0.05) is 84.5 Å². The summed E-state index contributed by atoms with van der Waals surface area (Å²) in [7, 11) is 0. The van der Waals surface area contributed by atoms with E-state index in [0.717, 1.165) is 25.7 Å². The van der Waals surface area contributed by atoms with E-state index in [0.29, 0.717) is 5.78 Å². The molecule has 1 heteroatoms. The fraction of sp³-hybridized carbons (Fsp3) is 0.944. The van der Waals surface area contributed by atoms with Crippen LogP contribution in [-0.4, -0.2) is 5.78 Å². The van der Waals surface area contributed by atoms with E-state index in [1.54, 1.807) is 0 Å². The number of unbranched alkanes of at least 4 members (excludes halogenated alkanes) is 11. The Morgan fingerprint density at radius 1 is 0.526 bits per heavy atom. The van der Waals surface area contributed by atoms with Gasteiger partial charge in [-0.15, -0.1) is 0 Å². The van der Waals surface area contributed by atoms with Gasteiger partial charge >= 0.3 is 0 Å². The first kappa shape index (κ1) is 18.7. The van der Waals surface area contributed by atoms with Crippen molar-refractivity contribution in [3.63, 3.8) is 0 Å². The molecule has 0 fully saturated rings. The van der Waals surface area contributed by atoms with Crippen LogP contribution in [0.1, 0.15) is 110 Å². The van der Waals surface area contributed by atoms with Crippen LogP contribution < -0.4 is 0 Å². The molecule has 0 N–H and O–H groups in total. The first-order valence-electron chi connectivity index (χ1n) is 8.83. The minimum atomic E-state index is 0.499. The van der Waals surface area contributed by atoms with Crippen LogP contribution in [0.4, 0.5) is 0 Å². The average molecular weight is 268 g/mol. The van der Waals surface area contributed by atoms with Crippen molar-refractivity contribution in [1.82, 2.24) is 0 Å². The van der Waals surface area contributed by atoms with Gasteiger partial charge in [0.2, 0.25) is 0 Å². The van der Waals surface area contributed by atoms with E-state index in [-0.39, 0.29) is 0 Å². The molecule has 0 radical (unpaired) electrons. The van der Waals surface area contributed by atoms with Gasteiger partial charge in [-0.2, -0.15) is 0 Å². The Labute approximate surface area is 121 Å². The summed E-state index contributed by atoms with van der Waals surface area (Å²) in [5, 5.41) is 0. The molecule has 0 aliphatic rings. The van der Waals surface area contributed by atoms with Crippen molar-refractivity contribution >= 4 is 5.78 Å². The lowest BCUT2D eigenvalue weighted by Gasteiger charge is -2.02. The van der Waals surface area contributed by atoms with Crippen molar-refractivity contribution < 1.29 is 4.79 Å². The van der Waals surface area contributed by atoms with Crippen LogP contribution in [0.25, 0.3) is 0 Å². The third-order valence-electron chi connectivity index (χ3n) is 3.87. The van der Waals surface area contributed by atoms with Crippen LogP contribution in [0, 0.1) is 0 Å². The second-order valence-electron chi connectivity index (χ2n) is 5.93. The fourth-order valence-electron chi connectivity index (χ4n) is 2.51. The van der Waals surface area contributed by atoms with E-state index in [4.69, 9.17) is 0 Å². The highest BCUT2D eigenvalue weighted by molar-refractivity contribution is 5.78. The summed E-state index contributed by atoms with van der Waals surface area (Å²) in [6, 6.07) is 0. The van der Waals surface area contributed by atoms with Crippen molar-refractivity contribution in [3.05, 3.63) is 0 Å². The van der Waals surface area contributed by atoms with E-state index < -0.39 is 0 Å². The van der Waals surface area contributed by atoms with Crippen LogP contribution >= 0.6 is 0 Å². The number of ketones is 1. The maximum absolute atomic E-state index is 11.6. The zero-order chi connectivity index (χ0) is 14.2. The van der Waals surface area contributed by atoms with E-state index >= 15 is 0 Å². The molecule has 0 heterocycles. The fourth-order valence-corrected chi connectivity index (χ4v) is 2.51. The van der Waals surface area contributed by atoms with Crippen molar-refractivity contribution in [1.29, 1.82) is 0 Å². The Morgan fingerprint density at radius 3 is 1.26 bits per heavy atom. The quantitative estimate of drug-likeness (QED) is 0.312. The van der Waals surface area contributed by atoms with Crippen LogP contribution in [0.2, 0.25) is 0 Å². The number of carbonyl (C=O) groups excluding carboxylic acids is 1. The maximum atomic E-state index is 11.6. The van der Waals surface area contributed by atoms with E-state index in [2.05, 4.69) is 13.8 Å². The zero-order valence-electron chi connectivity index (χ0n) is 13.5. The monoisotopic (exact) mass is 268 g/mol. The Morgan fingerprint density at radius 2 is 0.842 bits per heavy atom. The lowest BCUT2D eigenvalue weighted by molar-refractivity contribution is -0.119. The Bertz CT molecular complexity index is 186. The number of rotatable bonds is 15. The highest BCUT2D eigenvalue weighted by atomic mass is 16.1. The summed E-state index contributed by atoms with van der Waals surface area (Å²) >= 11 is 0. The van der Waals surface area contributed by atoms with E-state index in [1.807, 2.05) is 0 Å². The second kappa shape index (κ2) is 15.7. The number of hydrogen-bond donors (Lipinski definition) is 0. The van der Waals surface area contributed by atoms with Gasteiger partial charge in [0.25, 0.3) is 0 Å². The minimum absolute atomic E-state index is 0.499. The summed E-state index contributed by atoms with van der Waals surface area (Å²) in [5.74, 6) is 0.499. The standard InChI is InChI=1S/C18H36O/c1-3-5-7-9-10-11-12-13-15-17-18(19)16-14-8-6-4-2/h3-17H2,1-2H3. The van der Waals surface area contributed by atoms with Gasteiger partial charge in [-0.3, -0.25) is 4.79 Å². The number of Topliss-reactive ketones (excluding diaryl/α,β-unsaturated/α-hetero) is 1. The minimum Gasteiger partial charge on any atom is -0.300 e. The van der Waals surface area contributed by atoms with Gasteiger partial charge in [-0.05, 0) is 12.8 Å². The number of hydrogen-bond acceptors (Lipinski definition) is 1. The lowest BCUT2D eigenvalue weighted by atomic mass is 10.0. The average Bonchev–Trinajstić information content (AvgIpc) is 2.42. The Hall–Kier alpha value is -0.330. The Kier molecular flexibility index (Phi) is 15.5. The van der Waals surface area contributed by atoms with Gasteiger partial charge in [0, 0.05) is 12.8 Å². The van der Waals surface area contributed by atoms with Crippen molar-refractivity contribution in [2.75, 3.05) is 0 Å². The molecule has 114 valence electrons. The molecule has 0 aromatic carbocycles. The molecule has 0 unspecified atom stereocenters. The van der Waals surface area contributed by atoms with E-state index in [1.165, 1.54) is 70.6 Å². The highest BCUT2D eigenvalue weighted by Gasteiger charge is 2.01. The smallest absolute Gasteiger partial charge is 0.132 e. The molecule has 19 heavy (non-hydrogen) atoms. The molecule has 0 spiro atoms.